The average molecular weight is 481 g/mol. The van der Waals surface area contributed by atoms with E-state index in [0.717, 1.165) is 18.4 Å². The minimum atomic E-state index is -1.09. The Labute approximate surface area is 203 Å². The van der Waals surface area contributed by atoms with Gasteiger partial charge in [-0.05, 0) is 55.9 Å². The van der Waals surface area contributed by atoms with Crippen LogP contribution in [0.2, 0.25) is 0 Å². The van der Waals surface area contributed by atoms with Gasteiger partial charge in [0.25, 0.3) is 0 Å². The summed E-state index contributed by atoms with van der Waals surface area (Å²) in [5.41, 5.74) is 0.456. The molecule has 0 aliphatic heterocycles. The predicted octanol–water partition coefficient (Wildman–Crippen LogP) is 4.00. The van der Waals surface area contributed by atoms with Crippen LogP contribution in [0.5, 0.6) is 0 Å². The van der Waals surface area contributed by atoms with Crippen molar-refractivity contribution in [3.63, 3.8) is 0 Å². The Morgan fingerprint density at radius 3 is 2.44 bits per heavy atom. The van der Waals surface area contributed by atoms with Gasteiger partial charge in [-0.25, -0.2) is 0 Å². The molecule has 0 unspecified atom stereocenters. The summed E-state index contributed by atoms with van der Waals surface area (Å²) in [5, 5.41) is 39.6. The molecule has 0 saturated heterocycles. The molecule has 7 atom stereocenters. The number of esters is 1. The van der Waals surface area contributed by atoms with Gasteiger partial charge in [0, 0.05) is 12.3 Å². The van der Waals surface area contributed by atoms with Crippen molar-refractivity contribution < 1.29 is 34.8 Å². The number of carboxylic acid groups (broad SMARTS) is 1. The van der Waals surface area contributed by atoms with E-state index in [-0.39, 0.29) is 36.6 Å². The second-order valence-corrected chi connectivity index (χ2v) is 10.3. The molecule has 7 heteroatoms. The molecule has 0 bridgehead atoms. The van der Waals surface area contributed by atoms with Crippen LogP contribution in [0.15, 0.2) is 23.8 Å². The average Bonchev–Trinajstić information content (AvgIpc) is 2.76. The van der Waals surface area contributed by atoms with Gasteiger partial charge in [-0.3, -0.25) is 9.59 Å². The maximum Gasteiger partial charge on any atom is 0.312 e. The zero-order valence-electron chi connectivity index (χ0n) is 21.2. The molecule has 2 aliphatic rings. The largest absolute Gasteiger partial charge is 0.481 e. The van der Waals surface area contributed by atoms with Crippen LogP contribution >= 0.6 is 0 Å². The van der Waals surface area contributed by atoms with E-state index in [9.17, 15) is 24.9 Å². The van der Waals surface area contributed by atoms with E-state index in [1.54, 1.807) is 0 Å². The van der Waals surface area contributed by atoms with Gasteiger partial charge in [-0.2, -0.15) is 0 Å². The lowest BCUT2D eigenvalue weighted by atomic mass is 9.66. The van der Waals surface area contributed by atoms with Crippen LogP contribution in [0, 0.1) is 23.2 Å². The van der Waals surface area contributed by atoms with Crippen molar-refractivity contribution in [2.75, 3.05) is 0 Å². The van der Waals surface area contributed by atoms with Crippen molar-refractivity contribution in [2.45, 2.75) is 110 Å². The fraction of sp³-hybridized carbons (Fsp3) is 0.778. The first kappa shape index (κ1) is 28.5. The minimum absolute atomic E-state index is 0.0142. The van der Waals surface area contributed by atoms with Gasteiger partial charge in [0.1, 0.15) is 6.10 Å². The number of ether oxygens (including phenoxy) is 1. The predicted molar refractivity (Wildman–Crippen MR) is 130 cm³/mol. The van der Waals surface area contributed by atoms with E-state index >= 15 is 0 Å². The SMILES string of the molecule is CCCC(CC)(CC)C(=O)O[C@H]1C[C@H](O)C=C2C=C[C@H](C)[C@H](CC[C@@H](O)C[C@@H](O)CC(=O)O)[C@H]21. The molecule has 4 N–H and O–H groups in total. The summed E-state index contributed by atoms with van der Waals surface area (Å²) in [6.07, 6.45) is 7.06. The normalized spacial score (nSPS) is 28.6. The minimum Gasteiger partial charge on any atom is -0.481 e. The number of allylic oxidation sites excluding steroid dienone is 2. The number of carboxylic acids is 1. The number of aliphatic hydroxyl groups excluding tert-OH is 3. The van der Waals surface area contributed by atoms with Gasteiger partial charge >= 0.3 is 11.9 Å². The summed E-state index contributed by atoms with van der Waals surface area (Å²) in [5.74, 6) is -1.07. The number of hydrogen-bond acceptors (Lipinski definition) is 6. The summed E-state index contributed by atoms with van der Waals surface area (Å²) in [4.78, 5) is 24.2. The fourth-order valence-corrected chi connectivity index (χ4v) is 5.82. The number of aliphatic carboxylic acids is 1. The number of carbonyl (C=O) groups excluding carboxylic acids is 1. The Balaban J connectivity index is 2.18. The van der Waals surface area contributed by atoms with Crippen LogP contribution in [0.25, 0.3) is 0 Å². The standard InChI is InChI=1S/C27H44O7/c1-5-12-27(6-2,7-3)26(33)34-23-15-20(29)13-18-9-8-17(4)22(25(18)23)11-10-19(28)14-21(30)16-24(31)32/h8-9,13,17,19-23,25,28-30H,5-7,10-12,14-16H2,1-4H3,(H,31,32)/t17-,19+,20+,21+,22-,23-,25-/m0/s1. The number of fused-ring (bicyclic) bond motifs is 1. The third-order valence-electron chi connectivity index (χ3n) is 7.93. The first-order valence-electron chi connectivity index (χ1n) is 12.9. The van der Waals surface area contributed by atoms with E-state index < -0.39 is 35.8 Å². The van der Waals surface area contributed by atoms with Gasteiger partial charge < -0.3 is 25.2 Å². The highest BCUT2D eigenvalue weighted by atomic mass is 16.5. The maximum atomic E-state index is 13.4. The van der Waals surface area contributed by atoms with E-state index in [4.69, 9.17) is 9.84 Å². The molecule has 0 radical (unpaired) electrons. The van der Waals surface area contributed by atoms with Crippen molar-refractivity contribution in [3.8, 4) is 0 Å². The van der Waals surface area contributed by atoms with Crippen molar-refractivity contribution >= 4 is 11.9 Å². The summed E-state index contributed by atoms with van der Waals surface area (Å²) >= 11 is 0. The molecule has 2 aliphatic carbocycles. The Hall–Kier alpha value is -1.70. The molecule has 0 saturated carbocycles. The molecule has 0 fully saturated rings. The van der Waals surface area contributed by atoms with E-state index in [2.05, 4.69) is 19.9 Å². The monoisotopic (exact) mass is 480 g/mol. The van der Waals surface area contributed by atoms with Crippen LogP contribution < -0.4 is 0 Å². The van der Waals surface area contributed by atoms with Crippen LogP contribution in [-0.2, 0) is 14.3 Å². The Morgan fingerprint density at radius 2 is 1.85 bits per heavy atom. The maximum absolute atomic E-state index is 13.4. The van der Waals surface area contributed by atoms with Gasteiger partial charge in [-0.15, -0.1) is 0 Å². The Morgan fingerprint density at radius 1 is 1.18 bits per heavy atom. The third-order valence-corrected chi connectivity index (χ3v) is 7.93. The third kappa shape index (κ3) is 7.15. The molecule has 0 aromatic heterocycles. The number of hydrogen-bond donors (Lipinski definition) is 4. The molecule has 0 aromatic carbocycles. The van der Waals surface area contributed by atoms with Crippen LogP contribution in [0.1, 0.15) is 85.5 Å². The topological polar surface area (TPSA) is 124 Å². The number of carbonyl (C=O) groups is 2. The van der Waals surface area contributed by atoms with Gasteiger partial charge in [0.05, 0.1) is 30.1 Å². The van der Waals surface area contributed by atoms with Crippen molar-refractivity contribution in [1.82, 2.24) is 0 Å². The summed E-state index contributed by atoms with van der Waals surface area (Å²) < 4.78 is 6.18. The molecule has 34 heavy (non-hydrogen) atoms. The van der Waals surface area contributed by atoms with Crippen LogP contribution in [0.3, 0.4) is 0 Å². The summed E-state index contributed by atoms with van der Waals surface area (Å²) in [6, 6.07) is 0. The smallest absolute Gasteiger partial charge is 0.312 e. The quantitative estimate of drug-likeness (QED) is 0.294. The fourth-order valence-electron chi connectivity index (χ4n) is 5.82. The Bertz CT molecular complexity index is 739. The molecule has 7 nitrogen and oxygen atoms in total. The highest BCUT2D eigenvalue weighted by Gasteiger charge is 2.44. The van der Waals surface area contributed by atoms with E-state index in [1.807, 2.05) is 26.0 Å². The van der Waals surface area contributed by atoms with Crippen molar-refractivity contribution in [2.24, 2.45) is 23.2 Å². The lowest BCUT2D eigenvalue weighted by Crippen LogP contribution is -2.45. The molecule has 2 rings (SSSR count). The molecule has 0 aromatic rings. The van der Waals surface area contributed by atoms with E-state index in [0.29, 0.717) is 32.1 Å². The Kier molecular flexibility index (Phi) is 10.8. The molecule has 194 valence electrons. The van der Waals surface area contributed by atoms with Crippen molar-refractivity contribution in [1.29, 1.82) is 0 Å². The summed E-state index contributed by atoms with van der Waals surface area (Å²) in [7, 11) is 0. The highest BCUT2D eigenvalue weighted by molar-refractivity contribution is 5.77. The summed E-state index contributed by atoms with van der Waals surface area (Å²) in [6.45, 7) is 8.22. The first-order valence-corrected chi connectivity index (χ1v) is 12.9. The molecule has 0 spiro atoms. The second-order valence-electron chi connectivity index (χ2n) is 10.3. The number of aliphatic hydroxyl groups is 3. The lowest BCUT2D eigenvalue weighted by molar-refractivity contribution is -0.168. The lowest BCUT2D eigenvalue weighted by Gasteiger charge is -2.44. The second kappa shape index (κ2) is 12.8. The highest BCUT2D eigenvalue weighted by Crippen LogP contribution is 2.45. The first-order chi connectivity index (χ1) is 16.1. The van der Waals surface area contributed by atoms with Crippen LogP contribution in [0.4, 0.5) is 0 Å². The molecular formula is C27H44O7. The molecular weight excluding hydrogens is 436 g/mol. The zero-order valence-corrected chi connectivity index (χ0v) is 21.2. The zero-order chi connectivity index (χ0) is 25.5. The van der Waals surface area contributed by atoms with Crippen LogP contribution in [-0.4, -0.2) is 56.8 Å². The van der Waals surface area contributed by atoms with Gasteiger partial charge in [0.15, 0.2) is 0 Å². The van der Waals surface area contributed by atoms with Crippen molar-refractivity contribution in [3.05, 3.63) is 23.8 Å². The molecule has 0 heterocycles. The number of rotatable bonds is 13. The van der Waals surface area contributed by atoms with E-state index in [1.165, 1.54) is 0 Å². The van der Waals surface area contributed by atoms with Gasteiger partial charge in [-0.1, -0.05) is 52.3 Å². The van der Waals surface area contributed by atoms with Gasteiger partial charge in [0.2, 0.25) is 0 Å². The molecule has 0 amide bonds.